The van der Waals surface area contributed by atoms with Crippen LogP contribution in [-0.2, 0) is 10.5 Å². The molecule has 0 saturated carbocycles. The SMILES string of the molecule is C[C@H]1COCCN1c1cc(CS(C)(O)O)nc(-c2ccc(NC(=O)NC(C)(C)C)cc2)n1. The lowest BCUT2D eigenvalue weighted by molar-refractivity contribution is 0.0985. The average molecular weight is 464 g/mol. The number of morpholine rings is 1. The zero-order chi connectivity index (χ0) is 23.5. The fraction of sp³-hybridized carbons (Fsp3) is 0.500. The van der Waals surface area contributed by atoms with Crippen LogP contribution < -0.4 is 15.5 Å². The van der Waals surface area contributed by atoms with E-state index in [2.05, 4.69) is 27.4 Å². The molecular formula is C22H33N5O4S. The van der Waals surface area contributed by atoms with Crippen molar-refractivity contribution in [2.75, 3.05) is 36.2 Å². The summed E-state index contributed by atoms with van der Waals surface area (Å²) in [6.07, 6.45) is 1.41. The average Bonchev–Trinajstić information content (AvgIpc) is 2.66. The van der Waals surface area contributed by atoms with Gasteiger partial charge in [-0.05, 0) is 52.0 Å². The van der Waals surface area contributed by atoms with E-state index in [1.165, 1.54) is 6.26 Å². The first-order chi connectivity index (χ1) is 14.9. The highest BCUT2D eigenvalue weighted by molar-refractivity contribution is 8.23. The maximum Gasteiger partial charge on any atom is 0.319 e. The van der Waals surface area contributed by atoms with Gasteiger partial charge in [0.1, 0.15) is 5.82 Å². The van der Waals surface area contributed by atoms with E-state index in [0.29, 0.717) is 37.0 Å². The van der Waals surface area contributed by atoms with E-state index in [-0.39, 0.29) is 23.4 Å². The molecule has 2 aromatic rings. The molecule has 0 spiro atoms. The standard InChI is InChI=1S/C22H33N5O4S/c1-15-13-31-11-10-27(15)19-12-18(14-32(5,29)30)23-20(25-19)16-6-8-17(9-7-16)24-21(28)26-22(2,3)4/h6-9,12,15,29-30H,10-11,13-14H2,1-5H3,(H2,24,26,28)/t15-/m0/s1. The molecule has 176 valence electrons. The summed E-state index contributed by atoms with van der Waals surface area (Å²) in [5, 5.41) is 5.67. The Morgan fingerprint density at radius 3 is 2.53 bits per heavy atom. The van der Waals surface area contributed by atoms with Crippen LogP contribution in [0, 0.1) is 0 Å². The number of urea groups is 1. The number of rotatable bonds is 5. The number of aromatic nitrogens is 2. The molecule has 32 heavy (non-hydrogen) atoms. The molecule has 9 nitrogen and oxygen atoms in total. The molecule has 1 aromatic carbocycles. The van der Waals surface area contributed by atoms with Crippen molar-refractivity contribution < 1.29 is 18.6 Å². The summed E-state index contributed by atoms with van der Waals surface area (Å²) >= 11 is 0. The quantitative estimate of drug-likeness (QED) is 0.525. The maximum absolute atomic E-state index is 12.1. The van der Waals surface area contributed by atoms with Crippen LogP contribution in [0.5, 0.6) is 0 Å². The van der Waals surface area contributed by atoms with E-state index >= 15 is 0 Å². The summed E-state index contributed by atoms with van der Waals surface area (Å²) in [7, 11) is -2.76. The van der Waals surface area contributed by atoms with Crippen molar-refractivity contribution in [3.63, 3.8) is 0 Å². The lowest BCUT2D eigenvalue weighted by Gasteiger charge is -2.35. The zero-order valence-corrected chi connectivity index (χ0v) is 20.1. The molecule has 4 N–H and O–H groups in total. The predicted octanol–water partition coefficient (Wildman–Crippen LogP) is 4.17. The van der Waals surface area contributed by atoms with Crippen molar-refractivity contribution in [1.82, 2.24) is 15.3 Å². The fourth-order valence-electron chi connectivity index (χ4n) is 3.39. The Labute approximate surface area is 191 Å². The molecule has 1 aliphatic heterocycles. The number of ether oxygens (including phenoxy) is 1. The third-order valence-corrected chi connectivity index (χ3v) is 5.58. The van der Waals surface area contributed by atoms with E-state index in [9.17, 15) is 13.9 Å². The van der Waals surface area contributed by atoms with E-state index in [0.717, 1.165) is 11.4 Å². The normalized spacial score (nSPS) is 17.7. The van der Waals surface area contributed by atoms with Crippen molar-refractivity contribution in [3.05, 3.63) is 36.0 Å². The molecule has 10 heteroatoms. The molecule has 0 radical (unpaired) electrons. The van der Waals surface area contributed by atoms with Crippen molar-refractivity contribution in [2.45, 2.75) is 45.0 Å². The molecule has 0 bridgehead atoms. The molecule has 2 amide bonds. The second-order valence-electron chi connectivity index (χ2n) is 9.20. The van der Waals surface area contributed by atoms with Crippen LogP contribution in [0.4, 0.5) is 16.3 Å². The number of carbonyl (C=O) groups excluding carboxylic acids is 1. The van der Waals surface area contributed by atoms with Gasteiger partial charge in [-0.1, -0.05) is 0 Å². The van der Waals surface area contributed by atoms with Crippen LogP contribution in [0.2, 0.25) is 0 Å². The molecule has 1 atom stereocenters. The van der Waals surface area contributed by atoms with Crippen LogP contribution in [0.15, 0.2) is 30.3 Å². The molecule has 3 rings (SSSR count). The predicted molar refractivity (Wildman–Crippen MR) is 129 cm³/mol. The maximum atomic E-state index is 12.1. The summed E-state index contributed by atoms with van der Waals surface area (Å²) in [5.41, 5.74) is 1.65. The second-order valence-corrected chi connectivity index (χ2v) is 11.5. The number of carbonyl (C=O) groups is 1. The van der Waals surface area contributed by atoms with Gasteiger partial charge in [0.25, 0.3) is 0 Å². The summed E-state index contributed by atoms with van der Waals surface area (Å²) < 4.78 is 25.5. The van der Waals surface area contributed by atoms with Crippen molar-refractivity contribution in [2.24, 2.45) is 0 Å². The van der Waals surface area contributed by atoms with Crippen molar-refractivity contribution in [1.29, 1.82) is 0 Å². The van der Waals surface area contributed by atoms with Gasteiger partial charge in [0.15, 0.2) is 5.82 Å². The highest BCUT2D eigenvalue weighted by Crippen LogP contribution is 2.38. The molecule has 1 aromatic heterocycles. The minimum absolute atomic E-state index is 0.0564. The fourth-order valence-corrected chi connectivity index (χ4v) is 4.09. The zero-order valence-electron chi connectivity index (χ0n) is 19.3. The summed E-state index contributed by atoms with van der Waals surface area (Å²) in [4.78, 5) is 23.6. The molecule has 1 fully saturated rings. The summed E-state index contributed by atoms with van der Waals surface area (Å²) in [6.45, 7) is 9.73. The lowest BCUT2D eigenvalue weighted by atomic mass is 10.1. The molecule has 0 unspecified atom stereocenters. The summed E-state index contributed by atoms with van der Waals surface area (Å²) in [6, 6.07) is 8.94. The largest absolute Gasteiger partial charge is 0.377 e. The Hall–Kier alpha value is -2.40. The van der Waals surface area contributed by atoms with Crippen LogP contribution in [0.25, 0.3) is 11.4 Å². The van der Waals surface area contributed by atoms with Crippen LogP contribution in [-0.4, -0.2) is 62.7 Å². The molecule has 2 heterocycles. The molecule has 1 saturated heterocycles. The first-order valence-corrected chi connectivity index (χ1v) is 12.6. The van der Waals surface area contributed by atoms with Crippen LogP contribution in [0.3, 0.4) is 0 Å². The van der Waals surface area contributed by atoms with Gasteiger partial charge in [0.05, 0.1) is 30.7 Å². The van der Waals surface area contributed by atoms with Crippen molar-refractivity contribution in [3.8, 4) is 11.4 Å². The van der Waals surface area contributed by atoms with Gasteiger partial charge >= 0.3 is 6.03 Å². The number of anilines is 2. The number of hydrogen-bond donors (Lipinski definition) is 4. The first kappa shape index (κ1) is 24.2. The minimum atomic E-state index is -2.76. The Morgan fingerprint density at radius 1 is 1.25 bits per heavy atom. The first-order valence-electron chi connectivity index (χ1n) is 10.5. The summed E-state index contributed by atoms with van der Waals surface area (Å²) in [5.74, 6) is 1.28. The topological polar surface area (TPSA) is 120 Å². The Balaban J connectivity index is 1.87. The Kier molecular flexibility index (Phi) is 7.29. The van der Waals surface area contributed by atoms with Gasteiger partial charge in [-0.3, -0.25) is 9.11 Å². The molecule has 1 aliphatic rings. The Morgan fingerprint density at radius 2 is 1.94 bits per heavy atom. The van der Waals surface area contributed by atoms with Crippen LogP contribution in [0.1, 0.15) is 33.4 Å². The smallest absolute Gasteiger partial charge is 0.319 e. The van der Waals surface area contributed by atoms with E-state index in [1.54, 1.807) is 12.1 Å². The highest BCUT2D eigenvalue weighted by Gasteiger charge is 2.22. The lowest BCUT2D eigenvalue weighted by Crippen LogP contribution is -2.44. The minimum Gasteiger partial charge on any atom is -0.377 e. The van der Waals surface area contributed by atoms with Gasteiger partial charge in [0, 0.05) is 35.7 Å². The number of hydrogen-bond acceptors (Lipinski definition) is 7. The highest BCUT2D eigenvalue weighted by atomic mass is 32.3. The van der Waals surface area contributed by atoms with Gasteiger partial charge < -0.3 is 20.3 Å². The number of nitrogens with one attached hydrogen (secondary N) is 2. The Bertz CT molecular complexity index is 941. The number of nitrogens with zero attached hydrogens (tertiary/aromatic N) is 3. The van der Waals surface area contributed by atoms with Gasteiger partial charge in [0.2, 0.25) is 0 Å². The van der Waals surface area contributed by atoms with E-state index in [1.807, 2.05) is 39.0 Å². The van der Waals surface area contributed by atoms with Gasteiger partial charge in [-0.2, -0.15) is 10.6 Å². The van der Waals surface area contributed by atoms with Gasteiger partial charge in [-0.15, -0.1) is 0 Å². The van der Waals surface area contributed by atoms with E-state index < -0.39 is 10.6 Å². The number of amides is 2. The second kappa shape index (κ2) is 9.62. The van der Waals surface area contributed by atoms with Crippen molar-refractivity contribution >= 4 is 28.1 Å². The van der Waals surface area contributed by atoms with Crippen LogP contribution >= 0.6 is 10.6 Å². The van der Waals surface area contributed by atoms with Gasteiger partial charge in [-0.25, -0.2) is 14.8 Å². The molecule has 0 aliphatic carbocycles. The molecular weight excluding hydrogens is 430 g/mol. The third kappa shape index (κ3) is 7.06. The third-order valence-electron chi connectivity index (χ3n) is 4.74. The number of benzene rings is 1. The monoisotopic (exact) mass is 463 g/mol. The van der Waals surface area contributed by atoms with E-state index in [4.69, 9.17) is 9.72 Å².